The molecule has 0 saturated carbocycles. The molecule has 6 heteroatoms. The van der Waals surface area contributed by atoms with Crippen LogP contribution in [-0.2, 0) is 9.59 Å². The zero-order valence-corrected chi connectivity index (χ0v) is 15.1. The molecule has 138 valence electrons. The van der Waals surface area contributed by atoms with Crippen molar-refractivity contribution in [2.24, 2.45) is 0 Å². The number of rotatable bonds is 8. The van der Waals surface area contributed by atoms with Crippen LogP contribution in [0.4, 0.5) is 4.39 Å². The minimum Gasteiger partial charge on any atom is -0.349 e. The number of carbonyl (C=O) groups is 2. The van der Waals surface area contributed by atoms with Gasteiger partial charge in [0.05, 0.1) is 6.04 Å². The molecular formula is C19H28FN3O2. The van der Waals surface area contributed by atoms with Gasteiger partial charge in [0.1, 0.15) is 5.82 Å². The molecule has 1 aromatic rings. The highest BCUT2D eigenvalue weighted by Crippen LogP contribution is 2.18. The van der Waals surface area contributed by atoms with E-state index in [4.69, 9.17) is 0 Å². The van der Waals surface area contributed by atoms with Crippen molar-refractivity contribution in [1.82, 2.24) is 15.1 Å². The number of halogens is 1. The first-order valence-electron chi connectivity index (χ1n) is 8.93. The van der Waals surface area contributed by atoms with Crippen LogP contribution in [0.2, 0.25) is 0 Å². The van der Waals surface area contributed by atoms with Crippen molar-refractivity contribution in [2.75, 3.05) is 33.7 Å². The molecule has 1 fully saturated rings. The van der Waals surface area contributed by atoms with Crippen LogP contribution in [0.1, 0.15) is 43.7 Å². The van der Waals surface area contributed by atoms with Crippen molar-refractivity contribution in [1.29, 1.82) is 0 Å². The van der Waals surface area contributed by atoms with Crippen molar-refractivity contribution in [3.8, 4) is 0 Å². The highest BCUT2D eigenvalue weighted by molar-refractivity contribution is 5.84. The number of likely N-dealkylation sites (tertiary alicyclic amines) is 1. The predicted molar refractivity (Wildman–Crippen MR) is 95.5 cm³/mol. The molecule has 1 aromatic carbocycles. The smallest absolute Gasteiger partial charge is 0.223 e. The van der Waals surface area contributed by atoms with Gasteiger partial charge in [0.25, 0.3) is 0 Å². The van der Waals surface area contributed by atoms with E-state index in [1.54, 1.807) is 12.1 Å². The van der Waals surface area contributed by atoms with Crippen molar-refractivity contribution in [3.05, 3.63) is 35.6 Å². The Labute approximate surface area is 149 Å². The topological polar surface area (TPSA) is 52.7 Å². The summed E-state index contributed by atoms with van der Waals surface area (Å²) in [5, 5.41) is 3.00. The summed E-state index contributed by atoms with van der Waals surface area (Å²) in [7, 11) is 3.94. The fraction of sp³-hybridized carbons (Fsp3) is 0.579. The average molecular weight is 349 g/mol. The Morgan fingerprint density at radius 3 is 2.40 bits per heavy atom. The van der Waals surface area contributed by atoms with Crippen molar-refractivity contribution >= 4 is 11.8 Å². The highest BCUT2D eigenvalue weighted by Gasteiger charge is 2.20. The third-order valence-electron chi connectivity index (χ3n) is 4.50. The summed E-state index contributed by atoms with van der Waals surface area (Å²) in [6.07, 6.45) is 3.26. The van der Waals surface area contributed by atoms with E-state index in [2.05, 4.69) is 5.32 Å². The Bertz CT molecular complexity index is 569. The Balaban J connectivity index is 1.89. The second kappa shape index (κ2) is 9.51. The lowest BCUT2D eigenvalue weighted by atomic mass is 10.0. The number of carbonyl (C=O) groups excluding carboxylic acids is 2. The van der Waals surface area contributed by atoms with Crippen LogP contribution in [0.3, 0.4) is 0 Å². The second-order valence-electron chi connectivity index (χ2n) is 6.85. The molecule has 1 atom stereocenters. The standard InChI is InChI=1S/C19H28FN3O2/c1-22(2)14-11-17(15-5-7-16(20)8-6-15)21-18(24)9-10-19(25)23-12-3-4-13-23/h5-8,17H,3-4,9-14H2,1-2H3,(H,21,24). The third kappa shape index (κ3) is 6.46. The summed E-state index contributed by atoms with van der Waals surface area (Å²) in [5.41, 5.74) is 0.877. The van der Waals surface area contributed by atoms with Crippen molar-refractivity contribution < 1.29 is 14.0 Å². The summed E-state index contributed by atoms with van der Waals surface area (Å²) < 4.78 is 13.1. The molecule has 1 saturated heterocycles. The van der Waals surface area contributed by atoms with Crippen LogP contribution in [0.15, 0.2) is 24.3 Å². The first-order valence-corrected chi connectivity index (χ1v) is 8.93. The van der Waals surface area contributed by atoms with Crippen LogP contribution in [-0.4, -0.2) is 55.3 Å². The molecule has 0 bridgehead atoms. The molecule has 0 aromatic heterocycles. The van der Waals surface area contributed by atoms with Crippen LogP contribution < -0.4 is 5.32 Å². The monoisotopic (exact) mass is 349 g/mol. The SMILES string of the molecule is CN(C)CCC(NC(=O)CCC(=O)N1CCCC1)c1ccc(F)cc1. The normalized spacial score (nSPS) is 15.4. The van der Waals surface area contributed by atoms with E-state index in [-0.39, 0.29) is 36.5 Å². The average Bonchev–Trinajstić information content (AvgIpc) is 3.12. The van der Waals surface area contributed by atoms with Crippen LogP contribution in [0.25, 0.3) is 0 Å². The zero-order valence-electron chi connectivity index (χ0n) is 15.1. The number of amides is 2. The highest BCUT2D eigenvalue weighted by atomic mass is 19.1. The quantitative estimate of drug-likeness (QED) is 0.784. The van der Waals surface area contributed by atoms with Gasteiger partial charge in [-0.1, -0.05) is 12.1 Å². The number of nitrogens with one attached hydrogen (secondary N) is 1. The first-order chi connectivity index (χ1) is 12.0. The largest absolute Gasteiger partial charge is 0.349 e. The van der Waals surface area contributed by atoms with Gasteiger partial charge in [0, 0.05) is 25.9 Å². The number of benzene rings is 1. The van der Waals surface area contributed by atoms with E-state index in [0.717, 1.165) is 44.5 Å². The molecule has 1 unspecified atom stereocenters. The Morgan fingerprint density at radius 1 is 1.16 bits per heavy atom. The molecule has 2 rings (SSSR count). The summed E-state index contributed by atoms with van der Waals surface area (Å²) in [4.78, 5) is 28.2. The number of nitrogens with zero attached hydrogens (tertiary/aromatic N) is 2. The molecule has 1 aliphatic heterocycles. The molecule has 1 aliphatic rings. The minimum absolute atomic E-state index is 0.0549. The van der Waals surface area contributed by atoms with Crippen molar-refractivity contribution in [3.63, 3.8) is 0 Å². The van der Waals surface area contributed by atoms with Gasteiger partial charge in [-0.25, -0.2) is 4.39 Å². The molecule has 2 amide bonds. The Kier molecular flexibility index (Phi) is 7.37. The van der Waals surface area contributed by atoms with Crippen LogP contribution >= 0.6 is 0 Å². The number of hydrogen-bond donors (Lipinski definition) is 1. The lowest BCUT2D eigenvalue weighted by molar-refractivity contribution is -0.132. The van der Waals surface area contributed by atoms with Gasteiger partial charge in [-0.2, -0.15) is 0 Å². The Morgan fingerprint density at radius 2 is 1.80 bits per heavy atom. The van der Waals surface area contributed by atoms with E-state index in [0.29, 0.717) is 0 Å². The molecule has 5 nitrogen and oxygen atoms in total. The van der Waals surface area contributed by atoms with E-state index in [1.165, 1.54) is 12.1 Å². The fourth-order valence-electron chi connectivity index (χ4n) is 3.02. The van der Waals surface area contributed by atoms with E-state index in [9.17, 15) is 14.0 Å². The summed E-state index contributed by atoms with van der Waals surface area (Å²) >= 11 is 0. The first kappa shape index (κ1) is 19.4. The van der Waals surface area contributed by atoms with Crippen LogP contribution in [0, 0.1) is 5.82 Å². The Hall–Kier alpha value is -1.95. The van der Waals surface area contributed by atoms with Gasteiger partial charge in [-0.15, -0.1) is 0 Å². The molecule has 0 aliphatic carbocycles. The number of hydrogen-bond acceptors (Lipinski definition) is 3. The van der Waals surface area contributed by atoms with Crippen LogP contribution in [0.5, 0.6) is 0 Å². The minimum atomic E-state index is -0.294. The molecular weight excluding hydrogens is 321 g/mol. The molecule has 25 heavy (non-hydrogen) atoms. The molecule has 0 radical (unpaired) electrons. The van der Waals surface area contributed by atoms with E-state index in [1.807, 2.05) is 23.9 Å². The van der Waals surface area contributed by atoms with E-state index >= 15 is 0 Å². The van der Waals surface area contributed by atoms with Gasteiger partial charge in [0.2, 0.25) is 11.8 Å². The zero-order chi connectivity index (χ0) is 18.2. The third-order valence-corrected chi connectivity index (χ3v) is 4.50. The maximum Gasteiger partial charge on any atom is 0.223 e. The molecule has 1 N–H and O–H groups in total. The van der Waals surface area contributed by atoms with Gasteiger partial charge in [-0.05, 0) is 57.6 Å². The molecule has 1 heterocycles. The van der Waals surface area contributed by atoms with Gasteiger partial charge >= 0.3 is 0 Å². The predicted octanol–water partition coefficient (Wildman–Crippen LogP) is 2.34. The van der Waals surface area contributed by atoms with Crippen molar-refractivity contribution in [2.45, 2.75) is 38.1 Å². The lowest BCUT2D eigenvalue weighted by Crippen LogP contribution is -2.33. The molecule has 0 spiro atoms. The van der Waals surface area contributed by atoms with E-state index < -0.39 is 0 Å². The van der Waals surface area contributed by atoms with Gasteiger partial charge < -0.3 is 15.1 Å². The second-order valence-corrected chi connectivity index (χ2v) is 6.85. The maximum absolute atomic E-state index is 13.1. The summed E-state index contributed by atoms with van der Waals surface area (Å²) in [5.74, 6) is -0.377. The lowest BCUT2D eigenvalue weighted by Gasteiger charge is -2.22. The van der Waals surface area contributed by atoms with Gasteiger partial charge in [-0.3, -0.25) is 9.59 Å². The summed E-state index contributed by atoms with van der Waals surface area (Å²) in [6, 6.07) is 6.02. The summed E-state index contributed by atoms with van der Waals surface area (Å²) in [6.45, 7) is 2.41. The van der Waals surface area contributed by atoms with Gasteiger partial charge in [0.15, 0.2) is 0 Å². The maximum atomic E-state index is 13.1. The fourth-order valence-corrected chi connectivity index (χ4v) is 3.02.